The molecule has 0 nitrogen and oxygen atoms in total. The van der Waals surface area contributed by atoms with Crippen molar-refractivity contribution in [3.63, 3.8) is 0 Å². The van der Waals surface area contributed by atoms with Gasteiger partial charge in [0.15, 0.2) is 0 Å². The quantitative estimate of drug-likeness (QED) is 0.301. The summed E-state index contributed by atoms with van der Waals surface area (Å²) in [5, 5.41) is 1.77. The molecule has 0 aliphatic heterocycles. The summed E-state index contributed by atoms with van der Waals surface area (Å²) in [6, 6.07) is 5.99. The SMILES string of the molecule is CCC[CH2][Sn]([CH2]CCC)([CH2]CCC)[CH2]c1c(Cl)cccc1Cl. The molecule has 0 radical (unpaired) electrons. The van der Waals surface area contributed by atoms with Crippen LogP contribution in [0.1, 0.15) is 64.9 Å². The van der Waals surface area contributed by atoms with Gasteiger partial charge in [-0.3, -0.25) is 0 Å². The third kappa shape index (κ3) is 6.61. The van der Waals surface area contributed by atoms with Crippen molar-refractivity contribution < 1.29 is 0 Å². The van der Waals surface area contributed by atoms with Crippen LogP contribution in [0.4, 0.5) is 0 Å². The standard InChI is InChI=1S/C7H5Cl2.3C4H9.Sn/c1-5-6(8)3-2-4-7(5)9;3*1-3-4-2;/h2-4H,1H2;3*1,3-4H2,2H3;. The van der Waals surface area contributed by atoms with Crippen LogP contribution in [-0.2, 0) is 4.44 Å². The molecule has 0 N–H and O–H groups in total. The maximum atomic E-state index is 6.49. The fourth-order valence-electron chi connectivity index (χ4n) is 3.37. The van der Waals surface area contributed by atoms with E-state index in [2.05, 4.69) is 20.8 Å². The number of rotatable bonds is 11. The molecule has 0 unspecified atom stereocenters. The molecule has 0 amide bonds. The fraction of sp³-hybridized carbons (Fsp3) is 0.684. The molecule has 3 heteroatoms. The average Bonchev–Trinajstić information content (AvgIpc) is 2.52. The Balaban J connectivity index is 3.03. The Kier molecular flexibility index (Phi) is 10.5. The maximum absolute atomic E-state index is 6.49. The van der Waals surface area contributed by atoms with Crippen molar-refractivity contribution in [3.05, 3.63) is 33.8 Å². The first-order chi connectivity index (χ1) is 10.6. The summed E-state index contributed by atoms with van der Waals surface area (Å²) in [7, 11) is 0. The molecular formula is C19H32Cl2Sn. The molecule has 0 saturated heterocycles. The van der Waals surface area contributed by atoms with Crippen LogP contribution in [0.15, 0.2) is 18.2 Å². The second kappa shape index (κ2) is 11.2. The zero-order valence-electron chi connectivity index (χ0n) is 14.6. The zero-order chi connectivity index (χ0) is 16.4. The van der Waals surface area contributed by atoms with E-state index >= 15 is 0 Å². The van der Waals surface area contributed by atoms with Gasteiger partial charge in [0.2, 0.25) is 0 Å². The first-order valence-corrected chi connectivity index (χ1v) is 17.8. The molecule has 0 bridgehead atoms. The summed E-state index contributed by atoms with van der Waals surface area (Å²) in [6.45, 7) is 6.95. The minimum atomic E-state index is -2.20. The van der Waals surface area contributed by atoms with Crippen molar-refractivity contribution in [3.8, 4) is 0 Å². The Morgan fingerprint density at radius 1 is 0.773 bits per heavy atom. The van der Waals surface area contributed by atoms with E-state index < -0.39 is 18.4 Å². The van der Waals surface area contributed by atoms with Crippen LogP contribution in [0.5, 0.6) is 0 Å². The Morgan fingerprint density at radius 3 is 1.55 bits per heavy atom. The molecule has 0 heterocycles. The van der Waals surface area contributed by atoms with Gasteiger partial charge in [-0.2, -0.15) is 0 Å². The molecule has 1 aromatic carbocycles. The molecule has 1 aromatic rings. The Labute approximate surface area is 151 Å². The van der Waals surface area contributed by atoms with Crippen molar-refractivity contribution in [1.29, 1.82) is 0 Å². The minimum absolute atomic E-state index is 0.887. The van der Waals surface area contributed by atoms with Gasteiger partial charge in [0.05, 0.1) is 0 Å². The molecule has 0 fully saturated rings. The molecule has 1 rings (SSSR count). The van der Waals surface area contributed by atoms with Crippen molar-refractivity contribution in [2.24, 2.45) is 0 Å². The summed E-state index contributed by atoms with van der Waals surface area (Å²) in [4.78, 5) is 0. The summed E-state index contributed by atoms with van der Waals surface area (Å²) >= 11 is 10.8. The Bertz CT molecular complexity index is 389. The van der Waals surface area contributed by atoms with E-state index in [4.69, 9.17) is 23.2 Å². The number of hydrogen-bond donors (Lipinski definition) is 0. The topological polar surface area (TPSA) is 0 Å². The van der Waals surface area contributed by atoms with Crippen molar-refractivity contribution >= 4 is 41.6 Å². The van der Waals surface area contributed by atoms with Gasteiger partial charge in [0.25, 0.3) is 0 Å². The molecule has 126 valence electrons. The van der Waals surface area contributed by atoms with E-state index in [1.165, 1.54) is 61.8 Å². The van der Waals surface area contributed by atoms with Gasteiger partial charge in [-0.05, 0) is 0 Å². The Hall–Kier alpha value is 0.599. The van der Waals surface area contributed by atoms with E-state index in [1.54, 1.807) is 0 Å². The van der Waals surface area contributed by atoms with Crippen molar-refractivity contribution in [2.45, 2.75) is 77.0 Å². The molecule has 0 spiro atoms. The van der Waals surface area contributed by atoms with Crippen molar-refractivity contribution in [2.75, 3.05) is 0 Å². The second-order valence-corrected chi connectivity index (χ2v) is 21.4. The number of unbranched alkanes of at least 4 members (excludes halogenated alkanes) is 3. The van der Waals surface area contributed by atoms with E-state index in [0.717, 1.165) is 10.0 Å². The van der Waals surface area contributed by atoms with Crippen molar-refractivity contribution in [1.82, 2.24) is 0 Å². The zero-order valence-corrected chi connectivity index (χ0v) is 18.9. The van der Waals surface area contributed by atoms with E-state index in [0.29, 0.717) is 0 Å². The molecule has 0 atom stereocenters. The third-order valence-electron chi connectivity index (χ3n) is 4.80. The predicted molar refractivity (Wildman–Crippen MR) is 105 cm³/mol. The van der Waals surface area contributed by atoms with Crippen LogP contribution >= 0.6 is 23.2 Å². The molecule has 0 aliphatic rings. The number of benzene rings is 1. The van der Waals surface area contributed by atoms with Gasteiger partial charge in [0.1, 0.15) is 0 Å². The van der Waals surface area contributed by atoms with Crippen LogP contribution in [0.2, 0.25) is 23.4 Å². The van der Waals surface area contributed by atoms with E-state index in [9.17, 15) is 0 Å². The van der Waals surface area contributed by atoms with Gasteiger partial charge in [-0.25, -0.2) is 0 Å². The summed E-state index contributed by atoms with van der Waals surface area (Å²) in [6.07, 6.45) is 8.12. The Morgan fingerprint density at radius 2 is 1.18 bits per heavy atom. The molecule has 0 aromatic heterocycles. The van der Waals surface area contributed by atoms with Crippen LogP contribution in [0.3, 0.4) is 0 Å². The summed E-state index contributed by atoms with van der Waals surface area (Å²) in [5.74, 6) is 0. The summed E-state index contributed by atoms with van der Waals surface area (Å²) in [5.41, 5.74) is 1.25. The normalized spacial score (nSPS) is 11.9. The van der Waals surface area contributed by atoms with Gasteiger partial charge in [0, 0.05) is 0 Å². The van der Waals surface area contributed by atoms with Crippen LogP contribution in [0.25, 0.3) is 0 Å². The molecule has 0 aliphatic carbocycles. The van der Waals surface area contributed by atoms with Crippen LogP contribution in [-0.4, -0.2) is 18.4 Å². The molecule has 22 heavy (non-hydrogen) atoms. The van der Waals surface area contributed by atoms with Gasteiger partial charge < -0.3 is 0 Å². The fourth-order valence-corrected chi connectivity index (χ4v) is 20.9. The van der Waals surface area contributed by atoms with Crippen LogP contribution in [0, 0.1) is 0 Å². The second-order valence-electron chi connectivity index (χ2n) is 6.69. The monoisotopic (exact) mass is 450 g/mol. The van der Waals surface area contributed by atoms with Gasteiger partial charge in [-0.15, -0.1) is 0 Å². The number of halogens is 2. The first-order valence-electron chi connectivity index (χ1n) is 9.01. The van der Waals surface area contributed by atoms with E-state index in [1.807, 2.05) is 18.2 Å². The average molecular weight is 450 g/mol. The number of hydrogen-bond acceptors (Lipinski definition) is 0. The predicted octanol–water partition coefficient (Wildman–Crippen LogP) is 7.92. The molecule has 0 saturated carbocycles. The first kappa shape index (κ1) is 20.6. The molecular weight excluding hydrogens is 418 g/mol. The third-order valence-corrected chi connectivity index (χ3v) is 20.8. The van der Waals surface area contributed by atoms with Gasteiger partial charge >= 0.3 is 152 Å². The van der Waals surface area contributed by atoms with Crippen LogP contribution < -0.4 is 0 Å². The van der Waals surface area contributed by atoms with Gasteiger partial charge in [-0.1, -0.05) is 0 Å². The van der Waals surface area contributed by atoms with E-state index in [-0.39, 0.29) is 0 Å². The summed E-state index contributed by atoms with van der Waals surface area (Å²) < 4.78 is 5.76.